The smallest absolute Gasteiger partial charge is 0.253 e. The van der Waals surface area contributed by atoms with E-state index in [1.807, 2.05) is 56.4 Å². The molecule has 1 heterocycles. The van der Waals surface area contributed by atoms with Crippen molar-refractivity contribution >= 4 is 29.3 Å². The average molecular weight is 495 g/mol. The molecule has 0 spiro atoms. The number of hydrogen-bond acceptors (Lipinski definition) is 4. The van der Waals surface area contributed by atoms with E-state index < -0.39 is 0 Å². The van der Waals surface area contributed by atoms with E-state index >= 15 is 0 Å². The largest absolute Gasteiger partial charge is 0.342 e. The zero-order chi connectivity index (χ0) is 24.1. The Balaban J connectivity index is 1.61. The second-order valence-electron chi connectivity index (χ2n) is 7.79. The molecule has 4 rings (SSSR count). The van der Waals surface area contributed by atoms with Crippen LogP contribution in [0.5, 0.6) is 0 Å². The van der Waals surface area contributed by atoms with Crippen LogP contribution in [0.15, 0.2) is 78.0 Å². The van der Waals surface area contributed by atoms with Gasteiger partial charge in [0.05, 0.1) is 10.7 Å². The molecule has 8 heteroatoms. The van der Waals surface area contributed by atoms with E-state index in [0.717, 1.165) is 18.5 Å². The molecule has 0 atom stereocenters. The quantitative estimate of drug-likeness (QED) is 0.262. The second kappa shape index (κ2) is 10.8. The fourth-order valence-electron chi connectivity index (χ4n) is 3.58. The fraction of sp³-hybridized carbons (Fsp3) is 0.192. The van der Waals surface area contributed by atoms with E-state index in [1.165, 1.54) is 17.8 Å². The van der Waals surface area contributed by atoms with Crippen molar-refractivity contribution in [3.63, 3.8) is 0 Å². The van der Waals surface area contributed by atoms with Crippen LogP contribution in [0.4, 0.5) is 4.39 Å². The summed E-state index contributed by atoms with van der Waals surface area (Å²) in [6.45, 7) is 2.76. The van der Waals surface area contributed by atoms with Crippen molar-refractivity contribution < 1.29 is 9.18 Å². The van der Waals surface area contributed by atoms with Crippen molar-refractivity contribution in [2.45, 2.75) is 24.3 Å². The van der Waals surface area contributed by atoms with Crippen molar-refractivity contribution in [1.82, 2.24) is 19.7 Å². The molecule has 4 aromatic rings. The number of benzene rings is 3. The molecule has 1 aromatic heterocycles. The van der Waals surface area contributed by atoms with Crippen LogP contribution in [0.25, 0.3) is 17.1 Å². The minimum Gasteiger partial charge on any atom is -0.342 e. The van der Waals surface area contributed by atoms with Gasteiger partial charge in [0.25, 0.3) is 5.91 Å². The Morgan fingerprint density at radius 3 is 2.44 bits per heavy atom. The van der Waals surface area contributed by atoms with Gasteiger partial charge in [0.2, 0.25) is 0 Å². The Morgan fingerprint density at radius 2 is 1.74 bits per heavy atom. The molecule has 0 bridgehead atoms. The Morgan fingerprint density at radius 1 is 1.03 bits per heavy atom. The third-order valence-electron chi connectivity index (χ3n) is 5.32. The first-order chi connectivity index (χ1) is 16.5. The van der Waals surface area contributed by atoms with Crippen molar-refractivity contribution in [2.24, 2.45) is 0 Å². The summed E-state index contributed by atoms with van der Waals surface area (Å²) in [4.78, 5) is 14.2. The van der Waals surface area contributed by atoms with Crippen molar-refractivity contribution in [3.05, 3.63) is 94.8 Å². The number of thioether (sulfide) groups is 1. The van der Waals surface area contributed by atoms with Crippen molar-refractivity contribution in [1.29, 1.82) is 0 Å². The standard InChI is InChI=1S/C26H24ClFN4OS/c1-3-16-31(2)25(33)19-14-12-18(13-15-19)17-34-26-30-29-24(20-8-4-5-9-21(20)27)32(26)23-11-7-6-10-22(23)28/h4-15H,3,16-17H2,1-2H3. The molecule has 0 saturated heterocycles. The number of rotatable bonds is 8. The summed E-state index contributed by atoms with van der Waals surface area (Å²) in [6.07, 6.45) is 0.913. The second-order valence-corrected chi connectivity index (χ2v) is 9.13. The van der Waals surface area contributed by atoms with Crippen molar-refractivity contribution in [2.75, 3.05) is 13.6 Å². The molecule has 0 N–H and O–H groups in total. The monoisotopic (exact) mass is 494 g/mol. The highest BCUT2D eigenvalue weighted by atomic mass is 35.5. The van der Waals surface area contributed by atoms with Crippen LogP contribution in [0.2, 0.25) is 5.02 Å². The van der Waals surface area contributed by atoms with E-state index in [9.17, 15) is 9.18 Å². The molecule has 0 aliphatic rings. The first-order valence-electron chi connectivity index (χ1n) is 10.9. The topological polar surface area (TPSA) is 51.0 Å². The van der Waals surface area contributed by atoms with Gasteiger partial charge in [-0.2, -0.15) is 0 Å². The summed E-state index contributed by atoms with van der Waals surface area (Å²) in [5.41, 5.74) is 2.69. The summed E-state index contributed by atoms with van der Waals surface area (Å²) in [5, 5.41) is 9.74. The summed E-state index contributed by atoms with van der Waals surface area (Å²) in [7, 11) is 1.81. The Labute approximate surface area is 207 Å². The summed E-state index contributed by atoms with van der Waals surface area (Å²) >= 11 is 7.85. The predicted molar refractivity (Wildman–Crippen MR) is 135 cm³/mol. The lowest BCUT2D eigenvalue weighted by Gasteiger charge is -2.16. The van der Waals surface area contributed by atoms with Crippen LogP contribution in [-0.2, 0) is 5.75 Å². The summed E-state index contributed by atoms with van der Waals surface area (Å²) in [5.74, 6) is 0.674. The molecule has 0 aliphatic heterocycles. The Bertz CT molecular complexity index is 1290. The first-order valence-corrected chi connectivity index (χ1v) is 12.3. The molecule has 34 heavy (non-hydrogen) atoms. The number of carbonyl (C=O) groups excluding carboxylic acids is 1. The maximum atomic E-state index is 14.8. The average Bonchev–Trinajstić information content (AvgIpc) is 3.26. The third-order valence-corrected chi connectivity index (χ3v) is 6.65. The van der Waals surface area contributed by atoms with Crippen LogP contribution in [-0.4, -0.2) is 39.2 Å². The Kier molecular flexibility index (Phi) is 7.65. The van der Waals surface area contributed by atoms with Crippen molar-refractivity contribution in [3.8, 4) is 17.1 Å². The van der Waals surface area contributed by atoms with Crippen LogP contribution in [0, 0.1) is 5.82 Å². The maximum Gasteiger partial charge on any atom is 0.253 e. The lowest BCUT2D eigenvalue weighted by Crippen LogP contribution is -2.27. The van der Waals surface area contributed by atoms with Gasteiger partial charge < -0.3 is 4.90 Å². The number of halogens is 2. The van der Waals surface area contributed by atoms with E-state index in [1.54, 1.807) is 33.7 Å². The number of carbonyl (C=O) groups is 1. The van der Waals surface area contributed by atoms with Gasteiger partial charge in [0, 0.05) is 30.5 Å². The van der Waals surface area contributed by atoms with Gasteiger partial charge in [-0.15, -0.1) is 10.2 Å². The highest BCUT2D eigenvalue weighted by Crippen LogP contribution is 2.33. The molecule has 3 aromatic carbocycles. The molecule has 174 valence electrons. The van der Waals surface area contributed by atoms with E-state index in [2.05, 4.69) is 10.2 Å². The van der Waals surface area contributed by atoms with Crippen LogP contribution < -0.4 is 0 Å². The zero-order valence-electron chi connectivity index (χ0n) is 18.9. The molecule has 0 aliphatic carbocycles. The number of aromatic nitrogens is 3. The van der Waals surface area contributed by atoms with Gasteiger partial charge in [0.1, 0.15) is 5.82 Å². The lowest BCUT2D eigenvalue weighted by molar-refractivity contribution is 0.0795. The zero-order valence-corrected chi connectivity index (χ0v) is 20.5. The van der Waals surface area contributed by atoms with Gasteiger partial charge in [0.15, 0.2) is 11.0 Å². The Hall–Kier alpha value is -3.16. The fourth-order valence-corrected chi connectivity index (χ4v) is 4.70. The molecule has 0 unspecified atom stereocenters. The molecule has 0 radical (unpaired) electrons. The van der Waals surface area contributed by atoms with Crippen LogP contribution in [0.1, 0.15) is 29.3 Å². The third kappa shape index (κ3) is 5.16. The van der Waals surface area contributed by atoms with Crippen LogP contribution >= 0.6 is 23.4 Å². The normalized spacial score (nSPS) is 10.9. The lowest BCUT2D eigenvalue weighted by atomic mass is 10.1. The van der Waals surface area contributed by atoms with Gasteiger partial charge in [-0.3, -0.25) is 9.36 Å². The number of amides is 1. The van der Waals surface area contributed by atoms with E-state index in [-0.39, 0.29) is 11.7 Å². The number of nitrogens with zero attached hydrogens (tertiary/aromatic N) is 4. The van der Waals surface area contributed by atoms with Gasteiger partial charge in [-0.25, -0.2) is 4.39 Å². The minimum atomic E-state index is -0.378. The molecule has 0 fully saturated rings. The highest BCUT2D eigenvalue weighted by Gasteiger charge is 2.20. The molecule has 5 nitrogen and oxygen atoms in total. The maximum absolute atomic E-state index is 14.8. The SMILES string of the molecule is CCCN(C)C(=O)c1ccc(CSc2nnc(-c3ccccc3Cl)n2-c2ccccc2F)cc1. The van der Waals surface area contributed by atoms with E-state index in [0.29, 0.717) is 38.6 Å². The first kappa shape index (κ1) is 24.0. The number of hydrogen-bond donors (Lipinski definition) is 0. The molecular weight excluding hydrogens is 471 g/mol. The van der Waals surface area contributed by atoms with Gasteiger partial charge in [-0.05, 0) is 48.4 Å². The minimum absolute atomic E-state index is 0.00438. The van der Waals surface area contributed by atoms with Gasteiger partial charge >= 0.3 is 0 Å². The van der Waals surface area contributed by atoms with Gasteiger partial charge in [-0.1, -0.05) is 66.7 Å². The van der Waals surface area contributed by atoms with E-state index in [4.69, 9.17) is 11.6 Å². The molecule has 0 saturated carbocycles. The summed E-state index contributed by atoms with van der Waals surface area (Å²) < 4.78 is 16.5. The van der Waals surface area contributed by atoms with Crippen LogP contribution in [0.3, 0.4) is 0 Å². The highest BCUT2D eigenvalue weighted by molar-refractivity contribution is 7.98. The molecular formula is C26H24ClFN4OS. The summed E-state index contributed by atoms with van der Waals surface area (Å²) in [6, 6.07) is 21.3. The molecule has 1 amide bonds. The number of para-hydroxylation sites is 1. The predicted octanol–water partition coefficient (Wildman–Crippen LogP) is 6.50.